The number of nitrogens with one attached hydrogen (secondary N) is 2. The molecule has 0 radical (unpaired) electrons. The number of esters is 1. The Balaban J connectivity index is 1.69. The van der Waals surface area contributed by atoms with E-state index in [1.165, 1.54) is 4.90 Å². The van der Waals surface area contributed by atoms with Crippen molar-refractivity contribution in [3.8, 4) is 0 Å². The number of benzene rings is 3. The first-order chi connectivity index (χ1) is 17.5. The van der Waals surface area contributed by atoms with Crippen LogP contribution in [0.4, 0.5) is 16.2 Å². The number of carbonyl (C=O) groups is 3. The number of para-hydroxylation sites is 1. The Labute approximate surface area is 213 Å². The third-order valence-corrected chi connectivity index (χ3v) is 5.72. The number of urea groups is 1. The Kier molecular flexibility index (Phi) is 7.97. The van der Waals surface area contributed by atoms with Crippen LogP contribution in [0.25, 0.3) is 0 Å². The van der Waals surface area contributed by atoms with Crippen LogP contribution in [0.1, 0.15) is 24.5 Å². The Morgan fingerprint density at radius 1 is 1.00 bits per heavy atom. The summed E-state index contributed by atoms with van der Waals surface area (Å²) in [6.07, 6.45) is -1.24. The van der Waals surface area contributed by atoms with E-state index >= 15 is 0 Å². The number of amides is 3. The van der Waals surface area contributed by atoms with Gasteiger partial charge < -0.3 is 20.3 Å². The van der Waals surface area contributed by atoms with Crippen LogP contribution in [0.5, 0.6) is 0 Å². The molecule has 0 unspecified atom stereocenters. The van der Waals surface area contributed by atoms with E-state index in [1.807, 2.05) is 48.5 Å². The third kappa shape index (κ3) is 5.90. The van der Waals surface area contributed by atoms with E-state index in [9.17, 15) is 14.4 Å². The molecular weight excluding hydrogens is 480 g/mol. The highest BCUT2D eigenvalue weighted by molar-refractivity contribution is 6.30. The van der Waals surface area contributed by atoms with E-state index in [0.29, 0.717) is 27.7 Å². The lowest BCUT2D eigenvalue weighted by molar-refractivity contribution is -0.142. The maximum Gasteiger partial charge on any atom is 0.321 e. The van der Waals surface area contributed by atoms with Crippen molar-refractivity contribution in [1.82, 2.24) is 5.32 Å². The smallest absolute Gasteiger partial charge is 0.321 e. The van der Waals surface area contributed by atoms with Crippen LogP contribution in [-0.2, 0) is 14.3 Å². The van der Waals surface area contributed by atoms with Crippen molar-refractivity contribution in [2.45, 2.75) is 19.5 Å². The topological polar surface area (TPSA) is 100 Å². The SMILES string of the molecule is CCOC(=O)CCN1C(=O)[C@@H](NC(=O)Nc2ccc(Cl)cc2)N=C(c2ccccc2)c2ccccc21. The molecule has 1 aliphatic rings. The summed E-state index contributed by atoms with van der Waals surface area (Å²) >= 11 is 5.92. The zero-order chi connectivity index (χ0) is 25.5. The molecule has 0 spiro atoms. The van der Waals surface area contributed by atoms with Gasteiger partial charge in [0, 0.05) is 28.4 Å². The molecule has 1 atom stereocenters. The van der Waals surface area contributed by atoms with Gasteiger partial charge in [-0.15, -0.1) is 0 Å². The van der Waals surface area contributed by atoms with Crippen LogP contribution in [0.15, 0.2) is 83.9 Å². The molecule has 8 nitrogen and oxygen atoms in total. The van der Waals surface area contributed by atoms with Crippen molar-refractivity contribution in [3.63, 3.8) is 0 Å². The first-order valence-electron chi connectivity index (χ1n) is 11.5. The van der Waals surface area contributed by atoms with Crippen molar-refractivity contribution in [3.05, 3.63) is 95.0 Å². The van der Waals surface area contributed by atoms with Crippen molar-refractivity contribution in [2.75, 3.05) is 23.4 Å². The first-order valence-corrected chi connectivity index (χ1v) is 11.9. The number of aliphatic imine (C=N–C) groups is 1. The molecule has 184 valence electrons. The minimum atomic E-state index is -1.23. The maximum atomic E-state index is 13.7. The Hall–Kier alpha value is -4.17. The average Bonchev–Trinajstić information content (AvgIpc) is 2.99. The number of benzodiazepines with no additional fused rings is 1. The predicted octanol–water partition coefficient (Wildman–Crippen LogP) is 4.63. The number of hydrogen-bond acceptors (Lipinski definition) is 5. The van der Waals surface area contributed by atoms with Gasteiger partial charge in [0.2, 0.25) is 6.17 Å². The molecule has 3 aromatic carbocycles. The molecule has 1 heterocycles. The average molecular weight is 505 g/mol. The van der Waals surface area contributed by atoms with Gasteiger partial charge in [0.05, 0.1) is 24.4 Å². The Bertz CT molecular complexity index is 1280. The number of fused-ring (bicyclic) bond motifs is 1. The Morgan fingerprint density at radius 2 is 1.69 bits per heavy atom. The number of hydrogen-bond donors (Lipinski definition) is 2. The third-order valence-electron chi connectivity index (χ3n) is 5.47. The molecule has 0 aliphatic carbocycles. The molecule has 1 aliphatic heterocycles. The van der Waals surface area contributed by atoms with E-state index < -0.39 is 24.1 Å². The monoisotopic (exact) mass is 504 g/mol. The molecule has 3 aromatic rings. The molecule has 4 rings (SSSR count). The van der Waals surface area contributed by atoms with Gasteiger partial charge in [0.15, 0.2) is 0 Å². The number of ether oxygens (including phenoxy) is 1. The highest BCUT2D eigenvalue weighted by Gasteiger charge is 2.33. The summed E-state index contributed by atoms with van der Waals surface area (Å²) < 4.78 is 5.05. The van der Waals surface area contributed by atoms with Crippen molar-refractivity contribution in [1.29, 1.82) is 0 Å². The molecule has 0 aromatic heterocycles. The lowest BCUT2D eigenvalue weighted by atomic mass is 10.0. The number of carbonyl (C=O) groups excluding carboxylic acids is 3. The van der Waals surface area contributed by atoms with Crippen molar-refractivity contribution in [2.24, 2.45) is 4.99 Å². The molecule has 9 heteroatoms. The fourth-order valence-corrected chi connectivity index (χ4v) is 3.97. The van der Waals surface area contributed by atoms with Crippen LogP contribution >= 0.6 is 11.6 Å². The summed E-state index contributed by atoms with van der Waals surface area (Å²) in [6.45, 7) is 2.05. The molecule has 0 fully saturated rings. The highest BCUT2D eigenvalue weighted by atomic mass is 35.5. The summed E-state index contributed by atoms with van der Waals surface area (Å²) in [6, 6.07) is 22.7. The molecule has 0 saturated heterocycles. The molecule has 0 saturated carbocycles. The molecular formula is C27H25ClN4O4. The van der Waals surface area contributed by atoms with Gasteiger partial charge in [0.25, 0.3) is 5.91 Å². The van der Waals surface area contributed by atoms with Crippen LogP contribution in [0, 0.1) is 0 Å². The number of rotatable bonds is 7. The molecule has 3 amide bonds. The predicted molar refractivity (Wildman–Crippen MR) is 140 cm³/mol. The minimum Gasteiger partial charge on any atom is -0.466 e. The largest absolute Gasteiger partial charge is 0.466 e. The number of halogens is 1. The van der Waals surface area contributed by atoms with Crippen LogP contribution in [0.2, 0.25) is 5.02 Å². The van der Waals surface area contributed by atoms with E-state index in [0.717, 1.165) is 5.56 Å². The van der Waals surface area contributed by atoms with Crippen LogP contribution in [0.3, 0.4) is 0 Å². The highest BCUT2D eigenvalue weighted by Crippen LogP contribution is 2.28. The summed E-state index contributed by atoms with van der Waals surface area (Å²) in [4.78, 5) is 44.8. The van der Waals surface area contributed by atoms with Gasteiger partial charge in [-0.1, -0.05) is 60.1 Å². The Morgan fingerprint density at radius 3 is 2.42 bits per heavy atom. The summed E-state index contributed by atoms with van der Waals surface area (Å²) in [7, 11) is 0. The molecule has 2 N–H and O–H groups in total. The second-order valence-electron chi connectivity index (χ2n) is 7.91. The summed E-state index contributed by atoms with van der Waals surface area (Å²) in [5.74, 6) is -0.884. The summed E-state index contributed by atoms with van der Waals surface area (Å²) in [5.41, 5.74) is 3.15. The summed E-state index contributed by atoms with van der Waals surface area (Å²) in [5, 5.41) is 5.90. The van der Waals surface area contributed by atoms with E-state index in [2.05, 4.69) is 10.6 Å². The van der Waals surface area contributed by atoms with E-state index in [1.54, 1.807) is 37.3 Å². The first kappa shape index (κ1) is 24.9. The van der Waals surface area contributed by atoms with Gasteiger partial charge >= 0.3 is 12.0 Å². The standard InChI is InChI=1S/C27H25ClN4O4/c1-2-36-23(33)16-17-32-22-11-7-6-10-21(22)24(18-8-4-3-5-9-18)30-25(26(32)34)31-27(35)29-20-14-12-19(28)13-15-20/h3-15,25H,2,16-17H2,1H3,(H2,29,31,35)/t25-/m1/s1. The zero-order valence-electron chi connectivity index (χ0n) is 19.6. The van der Waals surface area contributed by atoms with Gasteiger partial charge in [-0.25, -0.2) is 9.79 Å². The second-order valence-corrected chi connectivity index (χ2v) is 8.35. The van der Waals surface area contributed by atoms with E-state index in [-0.39, 0.29) is 19.6 Å². The normalized spacial score (nSPS) is 14.8. The lowest BCUT2D eigenvalue weighted by Gasteiger charge is -2.25. The number of anilines is 2. The van der Waals surface area contributed by atoms with Crippen LogP contribution in [-0.4, -0.2) is 42.9 Å². The second kappa shape index (κ2) is 11.5. The van der Waals surface area contributed by atoms with Gasteiger partial charge in [-0.2, -0.15) is 0 Å². The van der Waals surface area contributed by atoms with Crippen molar-refractivity contribution >= 4 is 46.6 Å². The van der Waals surface area contributed by atoms with Gasteiger partial charge in [0.1, 0.15) is 0 Å². The van der Waals surface area contributed by atoms with Gasteiger partial charge in [-0.05, 0) is 37.3 Å². The molecule has 0 bridgehead atoms. The molecule has 36 heavy (non-hydrogen) atoms. The van der Waals surface area contributed by atoms with Crippen LogP contribution < -0.4 is 15.5 Å². The maximum absolute atomic E-state index is 13.7. The van der Waals surface area contributed by atoms with E-state index in [4.69, 9.17) is 21.3 Å². The zero-order valence-corrected chi connectivity index (χ0v) is 20.4. The lowest BCUT2D eigenvalue weighted by Crippen LogP contribution is -2.49. The fraction of sp³-hybridized carbons (Fsp3) is 0.185. The quantitative estimate of drug-likeness (QED) is 0.458. The van der Waals surface area contributed by atoms with Crippen molar-refractivity contribution < 1.29 is 19.1 Å². The van der Waals surface area contributed by atoms with Gasteiger partial charge in [-0.3, -0.25) is 9.59 Å². The minimum absolute atomic E-state index is 0.00171. The fourth-order valence-electron chi connectivity index (χ4n) is 3.84. The number of nitrogens with zero attached hydrogens (tertiary/aromatic N) is 2.